The number of nitrogens with one attached hydrogen (secondary N) is 1. The number of amides is 2. The molecule has 0 bridgehead atoms. The van der Waals surface area contributed by atoms with Crippen LogP contribution in [0.3, 0.4) is 0 Å². The zero-order valence-electron chi connectivity index (χ0n) is 16.9. The molecule has 2 heterocycles. The van der Waals surface area contributed by atoms with Crippen molar-refractivity contribution in [1.82, 2.24) is 20.2 Å². The van der Waals surface area contributed by atoms with Crippen LogP contribution in [-0.2, 0) is 11.3 Å². The average Bonchev–Trinajstić information content (AvgIpc) is 2.73. The van der Waals surface area contributed by atoms with Crippen molar-refractivity contribution < 1.29 is 14.0 Å². The minimum atomic E-state index is -0.305. The molecular formula is C22H27FN4O2. The van der Waals surface area contributed by atoms with Crippen LogP contribution < -0.4 is 5.32 Å². The maximum atomic E-state index is 13.0. The molecule has 1 aromatic heterocycles. The Morgan fingerprint density at radius 3 is 2.52 bits per heavy atom. The predicted molar refractivity (Wildman–Crippen MR) is 108 cm³/mol. The fourth-order valence-electron chi connectivity index (χ4n) is 3.54. The molecule has 0 radical (unpaired) electrons. The first-order valence-electron chi connectivity index (χ1n) is 10.1. The van der Waals surface area contributed by atoms with Gasteiger partial charge in [-0.15, -0.1) is 0 Å². The molecule has 1 fully saturated rings. The summed E-state index contributed by atoms with van der Waals surface area (Å²) in [5.41, 5.74) is 1.89. The lowest BCUT2D eigenvalue weighted by atomic mass is 9.95. The topological polar surface area (TPSA) is 75.2 Å². The standard InChI is InChI=1S/C22H27FN4O2/c1-3-4-20(28)27-11-9-17(10-12-27)21-24-14-19(15(2)26-21)22(29)25-13-16-5-7-18(23)8-6-16/h5-8,14,17H,3-4,9-13H2,1-2H3,(H,25,29). The summed E-state index contributed by atoms with van der Waals surface area (Å²) in [6.45, 7) is 5.58. The van der Waals surface area contributed by atoms with Gasteiger partial charge in [0.25, 0.3) is 5.91 Å². The van der Waals surface area contributed by atoms with Crippen LogP contribution in [0.1, 0.15) is 66.0 Å². The van der Waals surface area contributed by atoms with Gasteiger partial charge in [-0.25, -0.2) is 14.4 Å². The number of aryl methyl sites for hydroxylation is 1. The van der Waals surface area contributed by atoms with Gasteiger partial charge in [0.2, 0.25) is 5.91 Å². The third-order valence-corrected chi connectivity index (χ3v) is 5.29. The Morgan fingerprint density at radius 1 is 1.21 bits per heavy atom. The number of piperidine rings is 1. The second kappa shape index (κ2) is 9.58. The molecular weight excluding hydrogens is 371 g/mol. The highest BCUT2D eigenvalue weighted by atomic mass is 19.1. The van der Waals surface area contributed by atoms with E-state index in [1.807, 2.05) is 11.8 Å². The lowest BCUT2D eigenvalue weighted by Crippen LogP contribution is -2.38. The van der Waals surface area contributed by atoms with Gasteiger partial charge in [-0.05, 0) is 43.9 Å². The van der Waals surface area contributed by atoms with Crippen molar-refractivity contribution in [1.29, 1.82) is 0 Å². The summed E-state index contributed by atoms with van der Waals surface area (Å²) in [7, 11) is 0. The molecule has 0 atom stereocenters. The minimum absolute atomic E-state index is 0.204. The second-order valence-corrected chi connectivity index (χ2v) is 7.44. The van der Waals surface area contributed by atoms with Crippen molar-refractivity contribution in [2.24, 2.45) is 0 Å². The van der Waals surface area contributed by atoms with Crippen molar-refractivity contribution in [2.75, 3.05) is 13.1 Å². The van der Waals surface area contributed by atoms with Crippen LogP contribution in [0.25, 0.3) is 0 Å². The predicted octanol–water partition coefficient (Wildman–Crippen LogP) is 3.36. The number of hydrogen-bond donors (Lipinski definition) is 1. The first-order chi connectivity index (χ1) is 14.0. The SMILES string of the molecule is CCCC(=O)N1CCC(c2ncc(C(=O)NCc3ccc(F)cc3)c(C)n2)CC1. The molecule has 0 saturated carbocycles. The monoisotopic (exact) mass is 398 g/mol. The molecule has 2 amide bonds. The lowest BCUT2D eigenvalue weighted by Gasteiger charge is -2.31. The average molecular weight is 398 g/mol. The first-order valence-corrected chi connectivity index (χ1v) is 10.1. The number of benzene rings is 1. The van der Waals surface area contributed by atoms with Crippen LogP contribution in [0, 0.1) is 12.7 Å². The summed E-state index contributed by atoms with van der Waals surface area (Å²) in [6.07, 6.45) is 4.72. The van der Waals surface area contributed by atoms with Crippen molar-refractivity contribution in [3.8, 4) is 0 Å². The van der Waals surface area contributed by atoms with E-state index in [0.717, 1.165) is 43.7 Å². The Labute approximate surface area is 170 Å². The van der Waals surface area contributed by atoms with E-state index in [1.165, 1.54) is 12.1 Å². The van der Waals surface area contributed by atoms with Crippen LogP contribution >= 0.6 is 0 Å². The van der Waals surface area contributed by atoms with E-state index in [0.29, 0.717) is 24.2 Å². The molecule has 7 heteroatoms. The molecule has 29 heavy (non-hydrogen) atoms. The maximum absolute atomic E-state index is 13.0. The van der Waals surface area contributed by atoms with Gasteiger partial charge in [-0.1, -0.05) is 19.1 Å². The third-order valence-electron chi connectivity index (χ3n) is 5.29. The van der Waals surface area contributed by atoms with E-state index in [9.17, 15) is 14.0 Å². The molecule has 6 nitrogen and oxygen atoms in total. The smallest absolute Gasteiger partial charge is 0.254 e. The van der Waals surface area contributed by atoms with Crippen molar-refractivity contribution in [3.63, 3.8) is 0 Å². The van der Waals surface area contributed by atoms with Gasteiger partial charge in [-0.2, -0.15) is 0 Å². The molecule has 1 N–H and O–H groups in total. The number of carbonyl (C=O) groups excluding carboxylic acids is 2. The van der Waals surface area contributed by atoms with E-state index in [1.54, 1.807) is 25.3 Å². The van der Waals surface area contributed by atoms with Crippen LogP contribution in [0.5, 0.6) is 0 Å². The van der Waals surface area contributed by atoms with E-state index in [-0.39, 0.29) is 23.5 Å². The van der Waals surface area contributed by atoms with Gasteiger partial charge in [0.05, 0.1) is 11.3 Å². The number of aromatic nitrogens is 2. The second-order valence-electron chi connectivity index (χ2n) is 7.44. The zero-order valence-corrected chi connectivity index (χ0v) is 16.9. The van der Waals surface area contributed by atoms with Crippen LogP contribution in [-0.4, -0.2) is 39.8 Å². The molecule has 1 aliphatic rings. The van der Waals surface area contributed by atoms with Gasteiger partial charge < -0.3 is 10.2 Å². The quantitative estimate of drug-likeness (QED) is 0.810. The van der Waals surface area contributed by atoms with Crippen molar-refractivity contribution >= 4 is 11.8 Å². The Bertz CT molecular complexity index is 862. The van der Waals surface area contributed by atoms with Crippen molar-refractivity contribution in [3.05, 3.63) is 58.9 Å². The van der Waals surface area contributed by atoms with Gasteiger partial charge in [0.15, 0.2) is 0 Å². The number of nitrogens with zero attached hydrogens (tertiary/aromatic N) is 3. The summed E-state index contributed by atoms with van der Waals surface area (Å²) < 4.78 is 13.0. The molecule has 1 aromatic carbocycles. The summed E-state index contributed by atoms with van der Waals surface area (Å²) in [4.78, 5) is 35.4. The number of likely N-dealkylation sites (tertiary alicyclic amines) is 1. The highest BCUT2D eigenvalue weighted by Gasteiger charge is 2.25. The number of hydrogen-bond acceptors (Lipinski definition) is 4. The maximum Gasteiger partial charge on any atom is 0.254 e. The zero-order chi connectivity index (χ0) is 20.8. The Hall–Kier alpha value is -2.83. The summed E-state index contributed by atoms with van der Waals surface area (Å²) in [5.74, 6) is 0.603. The highest BCUT2D eigenvalue weighted by Crippen LogP contribution is 2.26. The molecule has 0 spiro atoms. The summed E-state index contributed by atoms with van der Waals surface area (Å²) in [5, 5.41) is 2.82. The van der Waals surface area contributed by atoms with E-state index >= 15 is 0 Å². The Balaban J connectivity index is 1.58. The van der Waals surface area contributed by atoms with E-state index < -0.39 is 0 Å². The van der Waals surface area contributed by atoms with Crippen LogP contribution in [0.4, 0.5) is 4.39 Å². The van der Waals surface area contributed by atoms with Crippen LogP contribution in [0.15, 0.2) is 30.5 Å². The molecule has 1 aliphatic heterocycles. The highest BCUT2D eigenvalue weighted by molar-refractivity contribution is 5.94. The van der Waals surface area contributed by atoms with Gasteiger partial charge in [-0.3, -0.25) is 9.59 Å². The molecule has 154 valence electrons. The van der Waals surface area contributed by atoms with Gasteiger partial charge in [0.1, 0.15) is 11.6 Å². The fourth-order valence-corrected chi connectivity index (χ4v) is 3.54. The Morgan fingerprint density at radius 2 is 1.90 bits per heavy atom. The molecule has 0 aliphatic carbocycles. The number of carbonyl (C=O) groups is 2. The van der Waals surface area contributed by atoms with Gasteiger partial charge in [0, 0.05) is 38.2 Å². The summed E-state index contributed by atoms with van der Waals surface area (Å²) in [6, 6.07) is 6.01. The van der Waals surface area contributed by atoms with E-state index in [4.69, 9.17) is 0 Å². The Kier molecular flexibility index (Phi) is 6.90. The van der Waals surface area contributed by atoms with Crippen molar-refractivity contribution in [2.45, 2.75) is 52.0 Å². The molecule has 2 aromatic rings. The minimum Gasteiger partial charge on any atom is -0.348 e. The normalized spacial score (nSPS) is 14.7. The third kappa shape index (κ3) is 5.37. The van der Waals surface area contributed by atoms with Crippen LogP contribution in [0.2, 0.25) is 0 Å². The lowest BCUT2D eigenvalue weighted by molar-refractivity contribution is -0.132. The fraction of sp³-hybridized carbons (Fsp3) is 0.455. The molecule has 1 saturated heterocycles. The summed E-state index contributed by atoms with van der Waals surface area (Å²) >= 11 is 0. The first kappa shape index (κ1) is 20.9. The molecule has 3 rings (SSSR count). The van der Waals surface area contributed by atoms with E-state index in [2.05, 4.69) is 15.3 Å². The number of halogens is 1. The largest absolute Gasteiger partial charge is 0.348 e. The molecule has 0 unspecified atom stereocenters. The van der Waals surface area contributed by atoms with Gasteiger partial charge >= 0.3 is 0 Å². The number of rotatable bonds is 6.